The molecule has 41 heavy (non-hydrogen) atoms. The molecule has 0 bridgehead atoms. The molecular formula is C29H34O12. The number of carbonyl (C=O) groups excluding carboxylic acids is 4. The average molecular weight is 575 g/mol. The van der Waals surface area contributed by atoms with Gasteiger partial charge in [-0.3, -0.25) is 19.2 Å². The minimum Gasteiger partial charge on any atom is -0.493 e. The highest BCUT2D eigenvalue weighted by Crippen LogP contribution is 2.42. The molecule has 2 unspecified atom stereocenters. The Hall–Kier alpha value is -4.74. The van der Waals surface area contributed by atoms with Gasteiger partial charge in [-0.05, 0) is 35.9 Å². The number of benzene rings is 2. The molecule has 2 aromatic carbocycles. The quantitative estimate of drug-likeness (QED) is 0.184. The highest BCUT2D eigenvalue weighted by Gasteiger charge is 2.32. The lowest BCUT2D eigenvalue weighted by atomic mass is 10.0. The van der Waals surface area contributed by atoms with E-state index < -0.39 is 36.1 Å². The van der Waals surface area contributed by atoms with Gasteiger partial charge in [0, 0.05) is 33.3 Å². The molecule has 0 N–H and O–H groups in total. The highest BCUT2D eigenvalue weighted by molar-refractivity contribution is 5.71. The van der Waals surface area contributed by atoms with Crippen molar-refractivity contribution >= 4 is 30.0 Å². The van der Waals surface area contributed by atoms with E-state index in [0.717, 1.165) is 0 Å². The van der Waals surface area contributed by atoms with Crippen LogP contribution in [0.15, 0.2) is 36.4 Å². The smallest absolute Gasteiger partial charge is 0.308 e. The number of esters is 4. The van der Waals surface area contributed by atoms with E-state index in [2.05, 4.69) is 0 Å². The Morgan fingerprint density at radius 1 is 0.732 bits per heavy atom. The Labute approximate surface area is 238 Å². The Bertz CT molecular complexity index is 1240. The Morgan fingerprint density at radius 2 is 1.34 bits per heavy atom. The van der Waals surface area contributed by atoms with Crippen molar-refractivity contribution in [2.75, 3.05) is 34.5 Å². The molecule has 0 aliphatic rings. The zero-order valence-electron chi connectivity index (χ0n) is 24.0. The number of hydrogen-bond donors (Lipinski definition) is 0. The van der Waals surface area contributed by atoms with Crippen LogP contribution in [0.5, 0.6) is 28.7 Å². The lowest BCUT2D eigenvalue weighted by Crippen LogP contribution is -2.34. The van der Waals surface area contributed by atoms with Crippen LogP contribution in [0.4, 0.5) is 0 Å². The van der Waals surface area contributed by atoms with Gasteiger partial charge in [-0.2, -0.15) is 0 Å². The van der Waals surface area contributed by atoms with E-state index >= 15 is 0 Å². The fraction of sp³-hybridized carbons (Fsp3) is 0.379. The standard InChI is InChI=1S/C29H34O12/c1-17(30)37-12-8-9-21-13-25(35-6)29(26(14-21)36-7)41-27(16-38-18(2)31)28(40-20(4)33)22-10-11-23(39-19(3)32)24(15-22)34-5/h8-11,13-15,27-28H,12,16H2,1-7H3/b9-8+. The second-order valence-corrected chi connectivity index (χ2v) is 8.45. The monoisotopic (exact) mass is 574 g/mol. The lowest BCUT2D eigenvalue weighted by molar-refractivity contribution is -0.157. The summed E-state index contributed by atoms with van der Waals surface area (Å²) in [5.41, 5.74) is 1.05. The van der Waals surface area contributed by atoms with Crippen LogP contribution in [-0.2, 0) is 33.4 Å². The molecule has 0 saturated carbocycles. The fourth-order valence-electron chi connectivity index (χ4n) is 3.63. The zero-order valence-corrected chi connectivity index (χ0v) is 24.0. The number of rotatable bonds is 14. The van der Waals surface area contributed by atoms with E-state index in [4.69, 9.17) is 37.9 Å². The molecule has 2 aromatic rings. The summed E-state index contributed by atoms with van der Waals surface area (Å²) in [5, 5.41) is 0. The van der Waals surface area contributed by atoms with Crippen molar-refractivity contribution in [3.8, 4) is 28.7 Å². The molecule has 0 aliphatic carbocycles. The topological polar surface area (TPSA) is 142 Å². The maximum Gasteiger partial charge on any atom is 0.308 e. The summed E-state index contributed by atoms with van der Waals surface area (Å²) in [5.74, 6) is -1.17. The molecule has 0 saturated heterocycles. The van der Waals surface area contributed by atoms with Crippen LogP contribution in [0, 0.1) is 0 Å². The first-order valence-electron chi connectivity index (χ1n) is 12.4. The molecule has 2 atom stereocenters. The van der Waals surface area contributed by atoms with Crippen molar-refractivity contribution < 1.29 is 57.1 Å². The summed E-state index contributed by atoms with van der Waals surface area (Å²) >= 11 is 0. The summed E-state index contributed by atoms with van der Waals surface area (Å²) in [7, 11) is 4.24. The van der Waals surface area contributed by atoms with Gasteiger partial charge in [0.15, 0.2) is 35.2 Å². The predicted molar refractivity (Wildman–Crippen MR) is 145 cm³/mol. The lowest BCUT2D eigenvalue weighted by Gasteiger charge is -2.29. The van der Waals surface area contributed by atoms with Crippen molar-refractivity contribution in [1.82, 2.24) is 0 Å². The van der Waals surface area contributed by atoms with E-state index in [-0.39, 0.29) is 42.0 Å². The maximum atomic E-state index is 12.2. The number of ether oxygens (including phenoxy) is 8. The number of carbonyl (C=O) groups is 4. The van der Waals surface area contributed by atoms with Crippen LogP contribution >= 0.6 is 0 Å². The summed E-state index contributed by atoms with van der Waals surface area (Å²) in [6.07, 6.45) is 1.13. The van der Waals surface area contributed by atoms with Crippen molar-refractivity contribution in [3.05, 3.63) is 47.5 Å². The summed E-state index contributed by atoms with van der Waals surface area (Å²) in [6.45, 7) is 4.76. The third-order valence-corrected chi connectivity index (χ3v) is 5.30. The van der Waals surface area contributed by atoms with Crippen molar-refractivity contribution in [2.45, 2.75) is 39.9 Å². The largest absolute Gasteiger partial charge is 0.493 e. The molecule has 12 nitrogen and oxygen atoms in total. The molecule has 12 heteroatoms. The molecule has 0 amide bonds. The van der Waals surface area contributed by atoms with Gasteiger partial charge >= 0.3 is 23.9 Å². The maximum absolute atomic E-state index is 12.2. The molecular weight excluding hydrogens is 540 g/mol. The van der Waals surface area contributed by atoms with E-state index in [1.165, 1.54) is 61.2 Å². The van der Waals surface area contributed by atoms with Gasteiger partial charge in [-0.1, -0.05) is 12.1 Å². The van der Waals surface area contributed by atoms with Gasteiger partial charge < -0.3 is 37.9 Å². The highest BCUT2D eigenvalue weighted by atomic mass is 16.6. The third kappa shape index (κ3) is 10.1. The number of hydrogen-bond acceptors (Lipinski definition) is 12. The molecule has 222 valence electrons. The summed E-state index contributed by atoms with van der Waals surface area (Å²) < 4.78 is 43.7. The van der Waals surface area contributed by atoms with Crippen LogP contribution in [-0.4, -0.2) is 64.5 Å². The van der Waals surface area contributed by atoms with Crippen molar-refractivity contribution in [3.63, 3.8) is 0 Å². The van der Waals surface area contributed by atoms with Gasteiger partial charge in [0.05, 0.1) is 21.3 Å². The molecule has 2 rings (SSSR count). The molecule has 0 spiro atoms. The van der Waals surface area contributed by atoms with Crippen molar-refractivity contribution in [1.29, 1.82) is 0 Å². The first-order valence-corrected chi connectivity index (χ1v) is 12.4. The van der Waals surface area contributed by atoms with Gasteiger partial charge in [-0.25, -0.2) is 0 Å². The minimum atomic E-state index is -1.12. The second kappa shape index (κ2) is 15.8. The Morgan fingerprint density at radius 3 is 1.85 bits per heavy atom. The van der Waals surface area contributed by atoms with E-state index in [1.54, 1.807) is 30.4 Å². The molecule has 0 radical (unpaired) electrons. The zero-order chi connectivity index (χ0) is 30.5. The summed E-state index contributed by atoms with van der Waals surface area (Å²) in [6, 6.07) is 7.87. The van der Waals surface area contributed by atoms with Gasteiger partial charge in [0.2, 0.25) is 5.75 Å². The molecule has 0 fully saturated rings. The molecule has 0 heterocycles. The third-order valence-electron chi connectivity index (χ3n) is 5.30. The van der Waals surface area contributed by atoms with E-state index in [0.29, 0.717) is 11.1 Å². The molecule has 0 aromatic heterocycles. The van der Waals surface area contributed by atoms with Crippen LogP contribution in [0.3, 0.4) is 0 Å². The second-order valence-electron chi connectivity index (χ2n) is 8.45. The van der Waals surface area contributed by atoms with Crippen molar-refractivity contribution in [2.24, 2.45) is 0 Å². The average Bonchev–Trinajstić information content (AvgIpc) is 2.91. The number of methoxy groups -OCH3 is 3. The van der Waals surface area contributed by atoms with E-state index in [1.807, 2.05) is 0 Å². The van der Waals surface area contributed by atoms with Gasteiger partial charge in [0.1, 0.15) is 13.2 Å². The first kappa shape index (κ1) is 32.5. The SMILES string of the molecule is COc1cc(C(OC(C)=O)C(COC(C)=O)Oc2c(OC)cc(/C=C/COC(C)=O)cc2OC)ccc1OC(C)=O. The van der Waals surface area contributed by atoms with Crippen LogP contribution in [0.2, 0.25) is 0 Å². The predicted octanol–water partition coefficient (Wildman–Crippen LogP) is 3.83. The van der Waals surface area contributed by atoms with Gasteiger partial charge in [-0.15, -0.1) is 0 Å². The fourth-order valence-corrected chi connectivity index (χ4v) is 3.63. The first-order chi connectivity index (χ1) is 19.5. The van der Waals surface area contributed by atoms with Gasteiger partial charge in [0.25, 0.3) is 0 Å². The Kier molecular flexibility index (Phi) is 12.5. The minimum absolute atomic E-state index is 0.0758. The Balaban J connectivity index is 2.57. The normalized spacial score (nSPS) is 12.1. The molecule has 0 aliphatic heterocycles. The summed E-state index contributed by atoms with van der Waals surface area (Å²) in [4.78, 5) is 46.4. The van der Waals surface area contributed by atoms with E-state index in [9.17, 15) is 19.2 Å². The van der Waals surface area contributed by atoms with Crippen LogP contribution in [0.25, 0.3) is 6.08 Å². The van der Waals surface area contributed by atoms with Crippen LogP contribution < -0.4 is 23.7 Å². The van der Waals surface area contributed by atoms with Crippen LogP contribution in [0.1, 0.15) is 44.9 Å².